The van der Waals surface area contributed by atoms with Crippen molar-refractivity contribution in [2.45, 2.75) is 167 Å². The number of hydrogen-bond donors (Lipinski definition) is 4. The Morgan fingerprint density at radius 3 is 1.69 bits per heavy atom. The van der Waals surface area contributed by atoms with Crippen LogP contribution in [0.2, 0.25) is 0 Å². The topological polar surface area (TPSA) is 192 Å². The zero-order chi connectivity index (χ0) is 40.8. The van der Waals surface area contributed by atoms with E-state index in [2.05, 4.69) is 60.1 Å². The van der Waals surface area contributed by atoms with Crippen molar-refractivity contribution in [3.05, 3.63) is 60.8 Å². The number of carbonyl (C=O) groups is 3. The van der Waals surface area contributed by atoms with Crippen LogP contribution in [0.15, 0.2) is 60.8 Å². The number of phosphoric ester groups is 1. The third-order valence-corrected chi connectivity index (χ3v) is 9.21. The molecule has 1 unspecified atom stereocenters. The maximum Gasteiger partial charge on any atom is 0.472 e. The smallest absolute Gasteiger partial charge is 0.472 e. The summed E-state index contributed by atoms with van der Waals surface area (Å²) in [7, 11) is -4.74. The standard InChI is InChI=1S/C42H72NO11P/c1-3-4-5-6-7-8-9-13-18-21-24-27-30-33-41(46)54-38(35-52-55(49,50)53-36-39(43)42(47)48)34-51-40(45)32-29-26-23-20-17-15-12-10-11-14-16-19-22-25-28-31-37(2)44/h8-9,11-12,14-15,19-20,22-23,37-39,44H,3-7,10,13,16-18,21,24-36,43H2,1-2H3,(H,47,48)(H,49,50)/b9-8-,14-11-,15-12-,22-19-,23-20-/t37-,38-,39+/m1/s1. The van der Waals surface area contributed by atoms with Crippen molar-refractivity contribution in [2.24, 2.45) is 5.73 Å². The molecule has 316 valence electrons. The maximum atomic E-state index is 12.6. The summed E-state index contributed by atoms with van der Waals surface area (Å²) >= 11 is 0. The van der Waals surface area contributed by atoms with Crippen molar-refractivity contribution in [3.8, 4) is 0 Å². The van der Waals surface area contributed by atoms with E-state index in [-0.39, 0.29) is 25.6 Å². The predicted octanol–water partition coefficient (Wildman–Crippen LogP) is 9.36. The molecule has 5 N–H and O–H groups in total. The number of ether oxygens (including phenoxy) is 2. The minimum absolute atomic E-state index is 0.130. The molecular formula is C42H72NO11P. The molecule has 0 amide bonds. The summed E-state index contributed by atoms with van der Waals surface area (Å²) in [5.41, 5.74) is 5.31. The molecule has 13 heteroatoms. The van der Waals surface area contributed by atoms with Gasteiger partial charge in [-0.2, -0.15) is 0 Å². The quantitative estimate of drug-likeness (QED) is 0.0202. The Kier molecular flexibility index (Phi) is 34.8. The number of aliphatic hydroxyl groups excluding tert-OH is 1. The minimum atomic E-state index is -4.74. The second kappa shape index (κ2) is 36.8. The number of allylic oxidation sites excluding steroid dienone is 10. The van der Waals surface area contributed by atoms with E-state index in [0.29, 0.717) is 19.3 Å². The van der Waals surface area contributed by atoms with Gasteiger partial charge in [0.05, 0.1) is 19.3 Å². The summed E-state index contributed by atoms with van der Waals surface area (Å²) in [6, 6.07) is -1.54. The maximum absolute atomic E-state index is 12.6. The lowest BCUT2D eigenvalue weighted by Gasteiger charge is -2.20. The van der Waals surface area contributed by atoms with Gasteiger partial charge in [-0.1, -0.05) is 106 Å². The van der Waals surface area contributed by atoms with Crippen LogP contribution in [0.3, 0.4) is 0 Å². The van der Waals surface area contributed by atoms with Gasteiger partial charge in [-0.3, -0.25) is 23.4 Å². The van der Waals surface area contributed by atoms with E-state index in [4.69, 9.17) is 24.8 Å². The van der Waals surface area contributed by atoms with Gasteiger partial charge < -0.3 is 30.3 Å². The highest BCUT2D eigenvalue weighted by atomic mass is 31.2. The van der Waals surface area contributed by atoms with Crippen molar-refractivity contribution in [3.63, 3.8) is 0 Å². The van der Waals surface area contributed by atoms with Crippen LogP contribution in [-0.4, -0.2) is 71.1 Å². The second-order valence-corrected chi connectivity index (χ2v) is 15.1. The number of unbranched alkanes of at least 4 members (excludes halogenated alkanes) is 11. The Labute approximate surface area is 330 Å². The van der Waals surface area contributed by atoms with Gasteiger partial charge in [0.15, 0.2) is 6.10 Å². The summed E-state index contributed by atoms with van der Waals surface area (Å²) in [5.74, 6) is -2.49. The van der Waals surface area contributed by atoms with E-state index in [9.17, 15) is 28.9 Å². The molecule has 0 aromatic carbocycles. The molecule has 0 rings (SSSR count). The number of hydrogen-bond acceptors (Lipinski definition) is 10. The van der Waals surface area contributed by atoms with Crippen molar-refractivity contribution in [2.75, 3.05) is 19.8 Å². The molecule has 0 fully saturated rings. The molecule has 0 aromatic heterocycles. The first-order chi connectivity index (χ1) is 26.5. The number of esters is 2. The summed E-state index contributed by atoms with van der Waals surface area (Å²) in [5, 5.41) is 18.1. The van der Waals surface area contributed by atoms with E-state index < -0.39 is 51.1 Å². The molecule has 0 saturated carbocycles. The lowest BCUT2D eigenvalue weighted by molar-refractivity contribution is -0.161. The molecule has 0 aliphatic rings. The van der Waals surface area contributed by atoms with Gasteiger partial charge in [-0.05, 0) is 90.4 Å². The average Bonchev–Trinajstić information content (AvgIpc) is 3.14. The summed E-state index contributed by atoms with van der Waals surface area (Å²) in [6.45, 7) is 2.24. The number of aliphatic carboxylic acids is 1. The number of phosphoric acid groups is 1. The highest BCUT2D eigenvalue weighted by Crippen LogP contribution is 2.43. The van der Waals surface area contributed by atoms with Crippen LogP contribution in [0.5, 0.6) is 0 Å². The second-order valence-electron chi connectivity index (χ2n) is 13.7. The molecule has 0 radical (unpaired) electrons. The van der Waals surface area contributed by atoms with E-state index in [1.54, 1.807) is 0 Å². The molecule has 0 spiro atoms. The van der Waals surface area contributed by atoms with E-state index >= 15 is 0 Å². The number of aliphatic hydroxyl groups is 1. The average molecular weight is 798 g/mol. The van der Waals surface area contributed by atoms with Crippen LogP contribution in [0.4, 0.5) is 0 Å². The highest BCUT2D eigenvalue weighted by molar-refractivity contribution is 7.47. The Hall–Kier alpha value is -2.86. The normalized spacial score (nSPS) is 15.0. The fraction of sp³-hybridized carbons (Fsp3) is 0.690. The van der Waals surface area contributed by atoms with Crippen LogP contribution in [0, 0.1) is 0 Å². The molecule has 0 heterocycles. The number of carboxylic acid groups (broad SMARTS) is 1. The molecule has 4 atom stereocenters. The van der Waals surface area contributed by atoms with Crippen LogP contribution in [-0.2, 0) is 37.5 Å². The summed E-state index contributed by atoms with van der Waals surface area (Å²) in [6.07, 6.45) is 38.6. The Balaban J connectivity index is 4.51. The van der Waals surface area contributed by atoms with Crippen molar-refractivity contribution in [1.82, 2.24) is 0 Å². The van der Waals surface area contributed by atoms with Gasteiger partial charge >= 0.3 is 25.7 Å². The van der Waals surface area contributed by atoms with Gasteiger partial charge in [-0.15, -0.1) is 0 Å². The first-order valence-corrected chi connectivity index (χ1v) is 21.8. The third kappa shape index (κ3) is 37.8. The van der Waals surface area contributed by atoms with E-state index in [1.807, 2.05) is 19.1 Å². The van der Waals surface area contributed by atoms with Gasteiger partial charge in [0.1, 0.15) is 12.6 Å². The zero-order valence-corrected chi connectivity index (χ0v) is 34.5. The third-order valence-electron chi connectivity index (χ3n) is 8.26. The lowest BCUT2D eigenvalue weighted by Crippen LogP contribution is -2.34. The molecule has 0 aromatic rings. The number of carbonyl (C=O) groups excluding carboxylic acids is 2. The van der Waals surface area contributed by atoms with Gasteiger partial charge in [0, 0.05) is 12.8 Å². The fourth-order valence-corrected chi connectivity index (χ4v) is 5.79. The van der Waals surface area contributed by atoms with Crippen LogP contribution in [0.1, 0.15) is 149 Å². The van der Waals surface area contributed by atoms with Crippen molar-refractivity contribution in [1.29, 1.82) is 0 Å². The monoisotopic (exact) mass is 797 g/mol. The molecule has 55 heavy (non-hydrogen) atoms. The van der Waals surface area contributed by atoms with Crippen molar-refractivity contribution >= 4 is 25.7 Å². The first-order valence-electron chi connectivity index (χ1n) is 20.3. The molecular weight excluding hydrogens is 725 g/mol. The Morgan fingerprint density at radius 2 is 1.11 bits per heavy atom. The molecule has 12 nitrogen and oxygen atoms in total. The number of rotatable bonds is 37. The largest absolute Gasteiger partial charge is 0.480 e. The first kappa shape index (κ1) is 52.1. The Bertz CT molecular complexity index is 1180. The Morgan fingerprint density at radius 1 is 0.636 bits per heavy atom. The van der Waals surface area contributed by atoms with Crippen LogP contribution < -0.4 is 5.73 Å². The van der Waals surface area contributed by atoms with Crippen LogP contribution >= 0.6 is 7.82 Å². The lowest BCUT2D eigenvalue weighted by atomic mass is 10.1. The number of nitrogens with two attached hydrogens (primary N) is 1. The molecule has 0 saturated heterocycles. The highest BCUT2D eigenvalue weighted by Gasteiger charge is 2.28. The van der Waals surface area contributed by atoms with Gasteiger partial charge in [0.2, 0.25) is 0 Å². The number of carboxylic acids is 1. The summed E-state index contributed by atoms with van der Waals surface area (Å²) in [4.78, 5) is 45.8. The molecule has 0 aliphatic heterocycles. The minimum Gasteiger partial charge on any atom is -0.480 e. The summed E-state index contributed by atoms with van der Waals surface area (Å²) < 4.78 is 32.5. The molecule has 0 aliphatic carbocycles. The van der Waals surface area contributed by atoms with Crippen LogP contribution in [0.25, 0.3) is 0 Å². The van der Waals surface area contributed by atoms with E-state index in [0.717, 1.165) is 77.0 Å². The molecule has 0 bridgehead atoms. The van der Waals surface area contributed by atoms with Gasteiger partial charge in [-0.25, -0.2) is 4.57 Å². The predicted molar refractivity (Wildman–Crippen MR) is 218 cm³/mol. The SMILES string of the molecule is CCCCCC/C=C\CCCCCCCC(=O)O[C@H](COC(=O)CCC/C=C\C/C=C\C/C=C\C/C=C\CCC[C@@H](C)O)COP(=O)(O)OC[C@H](N)C(=O)O. The van der Waals surface area contributed by atoms with E-state index in [1.165, 1.54) is 25.7 Å². The fourth-order valence-electron chi connectivity index (χ4n) is 5.01. The van der Waals surface area contributed by atoms with Gasteiger partial charge in [0.25, 0.3) is 0 Å². The van der Waals surface area contributed by atoms with Crippen molar-refractivity contribution < 1.29 is 52.6 Å². The zero-order valence-electron chi connectivity index (χ0n) is 33.6.